The van der Waals surface area contributed by atoms with Gasteiger partial charge in [0.2, 0.25) is 11.6 Å². The highest BCUT2D eigenvalue weighted by molar-refractivity contribution is 7.98. The molecule has 0 saturated heterocycles. The van der Waals surface area contributed by atoms with Crippen LogP contribution in [-0.4, -0.2) is 50.8 Å². The Hall–Kier alpha value is -4.19. The van der Waals surface area contributed by atoms with Crippen molar-refractivity contribution in [3.63, 3.8) is 0 Å². The van der Waals surface area contributed by atoms with Gasteiger partial charge in [0.1, 0.15) is 11.4 Å². The molecule has 0 bridgehead atoms. The molecule has 4 rings (SSSR count). The number of methoxy groups -OCH3 is 1. The van der Waals surface area contributed by atoms with Gasteiger partial charge >= 0.3 is 0 Å². The van der Waals surface area contributed by atoms with Crippen molar-refractivity contribution in [2.45, 2.75) is 4.90 Å². The molecule has 2 heterocycles. The second kappa shape index (κ2) is 9.31. The first-order valence-corrected chi connectivity index (χ1v) is 10.5. The van der Waals surface area contributed by atoms with Gasteiger partial charge in [-0.05, 0) is 46.4 Å². The van der Waals surface area contributed by atoms with Gasteiger partial charge in [0.15, 0.2) is 5.69 Å². The van der Waals surface area contributed by atoms with Gasteiger partial charge < -0.3 is 10.5 Å². The second-order valence-electron chi connectivity index (χ2n) is 6.38. The molecule has 0 saturated carbocycles. The predicted molar refractivity (Wildman–Crippen MR) is 119 cm³/mol. The molecule has 0 atom stereocenters. The van der Waals surface area contributed by atoms with Crippen molar-refractivity contribution < 1.29 is 14.2 Å². The van der Waals surface area contributed by atoms with E-state index in [4.69, 9.17) is 10.5 Å². The van der Waals surface area contributed by atoms with Crippen LogP contribution in [0.5, 0.6) is 5.75 Å². The summed E-state index contributed by atoms with van der Waals surface area (Å²) in [5.41, 5.74) is 10.1. The van der Waals surface area contributed by atoms with Gasteiger partial charge in [0.05, 0.1) is 13.3 Å². The molecule has 32 heavy (non-hydrogen) atoms. The van der Waals surface area contributed by atoms with E-state index < -0.39 is 5.91 Å². The van der Waals surface area contributed by atoms with Gasteiger partial charge in [-0.15, -0.1) is 16.9 Å². The number of nitrogens with zero attached hydrogens (tertiary/aromatic N) is 6. The summed E-state index contributed by atoms with van der Waals surface area (Å²) in [6.45, 7) is 0. The van der Waals surface area contributed by atoms with Gasteiger partial charge in [-0.1, -0.05) is 29.5 Å². The number of aromatic nitrogens is 5. The quantitative estimate of drug-likeness (QED) is 0.246. The summed E-state index contributed by atoms with van der Waals surface area (Å²) in [6.07, 6.45) is 3.54. The summed E-state index contributed by atoms with van der Waals surface area (Å²) in [5, 5.41) is 19.4. The maximum Gasteiger partial charge on any atom is 0.294 e. The summed E-state index contributed by atoms with van der Waals surface area (Å²) in [7, 11) is 1.54. The van der Waals surface area contributed by atoms with Crippen LogP contribution in [0.4, 0.5) is 5.82 Å². The molecule has 2 aromatic heterocycles. The van der Waals surface area contributed by atoms with Gasteiger partial charge in [0.25, 0.3) is 5.91 Å². The Bertz CT molecular complexity index is 1270. The number of carbonyl (C=O) groups is 1. The molecule has 0 aliphatic rings. The first kappa shape index (κ1) is 21.1. The number of hydrazone groups is 1. The zero-order chi connectivity index (χ0) is 22.5. The zero-order valence-electron chi connectivity index (χ0n) is 17.1. The van der Waals surface area contributed by atoms with Crippen molar-refractivity contribution in [3.05, 3.63) is 59.8 Å². The number of carbonyl (C=O) groups excluding carboxylic acids is 1. The molecule has 0 aliphatic carbocycles. The zero-order valence-corrected chi connectivity index (χ0v) is 17.9. The molecular weight excluding hydrogens is 432 g/mol. The largest absolute Gasteiger partial charge is 0.497 e. The molecule has 0 spiro atoms. The molecule has 1 amide bonds. The SMILES string of the molecule is COc1cccc(-c2c(C(=O)N/N=C/c3ccc(SC)cc3)nnn2-c2nonc2N)c1. The lowest BCUT2D eigenvalue weighted by Gasteiger charge is -2.07. The summed E-state index contributed by atoms with van der Waals surface area (Å²) >= 11 is 1.64. The van der Waals surface area contributed by atoms with Crippen LogP contribution in [0.1, 0.15) is 16.1 Å². The van der Waals surface area contributed by atoms with E-state index in [1.807, 2.05) is 30.5 Å². The van der Waals surface area contributed by atoms with E-state index in [-0.39, 0.29) is 17.3 Å². The monoisotopic (exact) mass is 450 g/mol. The number of amides is 1. The molecule has 11 nitrogen and oxygen atoms in total. The van der Waals surface area contributed by atoms with Crippen molar-refractivity contribution in [2.75, 3.05) is 19.1 Å². The standard InChI is InChI=1S/C20H18N8O3S/c1-30-14-5-3-4-13(10-14)17-16(23-27-28(17)19-18(21)25-31-26-19)20(29)24-22-11-12-6-8-15(32-2)9-7-12/h3-11H,1-2H3,(H2,21,25)(H,24,29)/b22-11+. The number of nitrogens with one attached hydrogen (secondary N) is 1. The molecule has 4 aromatic rings. The highest BCUT2D eigenvalue weighted by atomic mass is 32.2. The summed E-state index contributed by atoms with van der Waals surface area (Å²) in [6, 6.07) is 14.8. The van der Waals surface area contributed by atoms with Crippen molar-refractivity contribution in [1.82, 2.24) is 30.7 Å². The number of hydrogen-bond acceptors (Lipinski definition) is 10. The van der Waals surface area contributed by atoms with Crippen molar-refractivity contribution in [3.8, 4) is 22.8 Å². The maximum atomic E-state index is 12.9. The van der Waals surface area contributed by atoms with E-state index in [2.05, 4.69) is 35.8 Å². The van der Waals surface area contributed by atoms with Crippen LogP contribution in [0.3, 0.4) is 0 Å². The first-order chi connectivity index (χ1) is 15.6. The lowest BCUT2D eigenvalue weighted by molar-refractivity contribution is 0.0950. The third kappa shape index (κ3) is 4.30. The first-order valence-electron chi connectivity index (χ1n) is 9.26. The molecule has 3 N–H and O–H groups in total. The van der Waals surface area contributed by atoms with Crippen LogP contribution in [0.25, 0.3) is 17.1 Å². The fourth-order valence-corrected chi connectivity index (χ4v) is 3.27. The third-order valence-corrected chi connectivity index (χ3v) is 5.16. The number of thioether (sulfide) groups is 1. The van der Waals surface area contributed by atoms with E-state index in [1.165, 1.54) is 10.9 Å². The number of anilines is 1. The Morgan fingerprint density at radius 3 is 2.75 bits per heavy atom. The number of rotatable bonds is 7. The van der Waals surface area contributed by atoms with E-state index in [1.54, 1.807) is 43.1 Å². The smallest absolute Gasteiger partial charge is 0.294 e. The Morgan fingerprint density at radius 1 is 1.25 bits per heavy atom. The van der Waals surface area contributed by atoms with Gasteiger partial charge in [0, 0.05) is 10.5 Å². The van der Waals surface area contributed by atoms with Crippen molar-refractivity contribution in [1.29, 1.82) is 0 Å². The maximum absolute atomic E-state index is 12.9. The number of nitrogen functional groups attached to an aromatic ring is 1. The minimum absolute atomic E-state index is 0.00212. The van der Waals surface area contributed by atoms with E-state index in [0.29, 0.717) is 17.0 Å². The molecule has 2 aromatic carbocycles. The van der Waals surface area contributed by atoms with Crippen molar-refractivity contribution in [2.24, 2.45) is 5.10 Å². The topological polar surface area (TPSA) is 146 Å². The number of ether oxygens (including phenoxy) is 1. The van der Waals surface area contributed by atoms with Crippen LogP contribution in [-0.2, 0) is 0 Å². The van der Waals surface area contributed by atoms with Crippen LogP contribution < -0.4 is 15.9 Å². The van der Waals surface area contributed by atoms with Crippen LogP contribution in [0.15, 0.2) is 63.2 Å². The average Bonchev–Trinajstić information content (AvgIpc) is 3.45. The Kier molecular flexibility index (Phi) is 6.12. The molecule has 0 radical (unpaired) electrons. The minimum atomic E-state index is -0.568. The highest BCUT2D eigenvalue weighted by Crippen LogP contribution is 2.29. The number of hydrogen-bond donors (Lipinski definition) is 2. The van der Waals surface area contributed by atoms with E-state index in [9.17, 15) is 4.79 Å². The lowest BCUT2D eigenvalue weighted by atomic mass is 10.1. The van der Waals surface area contributed by atoms with Crippen LogP contribution in [0, 0.1) is 0 Å². The normalized spacial score (nSPS) is 11.1. The van der Waals surface area contributed by atoms with Crippen molar-refractivity contribution >= 4 is 29.7 Å². The van der Waals surface area contributed by atoms with Gasteiger partial charge in [-0.2, -0.15) is 9.78 Å². The second-order valence-corrected chi connectivity index (χ2v) is 7.26. The fraction of sp³-hybridized carbons (Fsp3) is 0.100. The minimum Gasteiger partial charge on any atom is -0.497 e. The summed E-state index contributed by atoms with van der Waals surface area (Å²) < 4.78 is 11.2. The summed E-state index contributed by atoms with van der Waals surface area (Å²) in [4.78, 5) is 14.0. The van der Waals surface area contributed by atoms with Crippen LogP contribution in [0.2, 0.25) is 0 Å². The van der Waals surface area contributed by atoms with Crippen LogP contribution >= 0.6 is 11.8 Å². The third-order valence-electron chi connectivity index (χ3n) is 4.42. The van der Waals surface area contributed by atoms with E-state index >= 15 is 0 Å². The predicted octanol–water partition coefficient (Wildman–Crippen LogP) is 2.39. The molecule has 0 aliphatic heterocycles. The Balaban J connectivity index is 1.67. The molecule has 12 heteroatoms. The highest BCUT2D eigenvalue weighted by Gasteiger charge is 2.25. The fourth-order valence-electron chi connectivity index (χ4n) is 2.86. The molecule has 162 valence electrons. The molecule has 0 fully saturated rings. The Morgan fingerprint density at radius 2 is 2.06 bits per heavy atom. The molecule has 0 unspecified atom stereocenters. The number of nitrogens with two attached hydrogens (primary N) is 1. The van der Waals surface area contributed by atoms with Gasteiger partial charge in [-0.25, -0.2) is 10.1 Å². The number of benzene rings is 2. The Labute approximate surface area is 186 Å². The van der Waals surface area contributed by atoms with Gasteiger partial charge in [-0.3, -0.25) is 4.79 Å². The van der Waals surface area contributed by atoms with E-state index in [0.717, 1.165) is 10.5 Å². The lowest BCUT2D eigenvalue weighted by Crippen LogP contribution is -2.19. The molecular formula is C20H18N8O3S. The average molecular weight is 450 g/mol. The summed E-state index contributed by atoms with van der Waals surface area (Å²) in [5.74, 6) is 0.116.